The Balaban J connectivity index is 2.04. The average molecular weight is 292 g/mol. The zero-order valence-electron chi connectivity index (χ0n) is 12.3. The summed E-state index contributed by atoms with van der Waals surface area (Å²) in [6.45, 7) is 1.57. The summed E-state index contributed by atoms with van der Waals surface area (Å²) in [6.07, 6.45) is 1.90. The third-order valence-electron chi connectivity index (χ3n) is 3.25. The molecule has 4 nitrogen and oxygen atoms in total. The summed E-state index contributed by atoms with van der Waals surface area (Å²) < 4.78 is 7.06. The van der Waals surface area contributed by atoms with Gasteiger partial charge in [-0.05, 0) is 12.1 Å². The number of aromatic nitrogens is 2. The SMILES string of the molecule is CC(=O)OCc1cn(-c2ccccc2)c(-c2ccccc2)n1. The molecule has 0 bridgehead atoms. The summed E-state index contributed by atoms with van der Waals surface area (Å²) in [4.78, 5) is 15.6. The Morgan fingerprint density at radius 3 is 2.32 bits per heavy atom. The van der Waals surface area contributed by atoms with Crippen molar-refractivity contribution in [3.05, 3.63) is 72.6 Å². The molecule has 0 aliphatic carbocycles. The first-order valence-electron chi connectivity index (χ1n) is 7.06. The van der Waals surface area contributed by atoms with Crippen LogP contribution < -0.4 is 0 Å². The van der Waals surface area contributed by atoms with Crippen molar-refractivity contribution in [3.8, 4) is 17.1 Å². The molecule has 0 amide bonds. The minimum absolute atomic E-state index is 0.176. The lowest BCUT2D eigenvalue weighted by Crippen LogP contribution is -1.98. The molecule has 0 N–H and O–H groups in total. The number of hydrogen-bond acceptors (Lipinski definition) is 3. The zero-order chi connectivity index (χ0) is 15.4. The molecule has 0 spiro atoms. The standard InChI is InChI=1S/C18H16N2O2/c1-14(21)22-13-16-12-20(17-10-6-3-7-11-17)18(19-16)15-8-4-2-5-9-15/h2-12H,13H2,1H3. The highest BCUT2D eigenvalue weighted by Crippen LogP contribution is 2.23. The van der Waals surface area contributed by atoms with Crippen molar-refractivity contribution >= 4 is 5.97 Å². The third kappa shape index (κ3) is 3.06. The van der Waals surface area contributed by atoms with Crippen LogP contribution in [0.1, 0.15) is 12.6 Å². The highest BCUT2D eigenvalue weighted by molar-refractivity contribution is 5.66. The van der Waals surface area contributed by atoms with Gasteiger partial charge in [0.05, 0.1) is 5.69 Å². The summed E-state index contributed by atoms with van der Waals surface area (Å²) in [5.41, 5.74) is 2.75. The Labute approximate surface area is 129 Å². The van der Waals surface area contributed by atoms with Crippen LogP contribution in [0.2, 0.25) is 0 Å². The summed E-state index contributed by atoms with van der Waals surface area (Å²) in [5, 5.41) is 0. The second-order valence-corrected chi connectivity index (χ2v) is 4.91. The molecule has 0 radical (unpaired) electrons. The van der Waals surface area contributed by atoms with Crippen LogP contribution in [0.4, 0.5) is 0 Å². The number of benzene rings is 2. The Bertz CT molecular complexity index is 707. The fraction of sp³-hybridized carbons (Fsp3) is 0.111. The van der Waals surface area contributed by atoms with Gasteiger partial charge in [0.2, 0.25) is 0 Å². The number of rotatable bonds is 4. The highest BCUT2D eigenvalue weighted by Gasteiger charge is 2.12. The van der Waals surface area contributed by atoms with Crippen LogP contribution in [0.25, 0.3) is 17.1 Å². The Morgan fingerprint density at radius 2 is 1.68 bits per heavy atom. The molecule has 0 saturated carbocycles. The number of carbonyl (C=O) groups is 1. The molecule has 4 heteroatoms. The number of carbonyl (C=O) groups excluding carboxylic acids is 1. The lowest BCUT2D eigenvalue weighted by molar-refractivity contribution is -0.142. The Kier molecular flexibility index (Phi) is 4.01. The first-order valence-corrected chi connectivity index (χ1v) is 7.06. The minimum Gasteiger partial charge on any atom is -0.459 e. The normalized spacial score (nSPS) is 10.4. The predicted molar refractivity (Wildman–Crippen MR) is 84.5 cm³/mol. The molecule has 1 heterocycles. The van der Waals surface area contributed by atoms with E-state index in [1.807, 2.05) is 71.4 Å². The summed E-state index contributed by atoms with van der Waals surface area (Å²) >= 11 is 0. The Morgan fingerprint density at radius 1 is 1.05 bits per heavy atom. The van der Waals surface area contributed by atoms with Crippen LogP contribution >= 0.6 is 0 Å². The van der Waals surface area contributed by atoms with E-state index in [9.17, 15) is 4.79 Å². The quantitative estimate of drug-likeness (QED) is 0.690. The maximum Gasteiger partial charge on any atom is 0.303 e. The van der Waals surface area contributed by atoms with Gasteiger partial charge in [-0.1, -0.05) is 48.5 Å². The van der Waals surface area contributed by atoms with Gasteiger partial charge >= 0.3 is 5.97 Å². The van der Waals surface area contributed by atoms with Gasteiger partial charge in [0.25, 0.3) is 0 Å². The number of ether oxygens (including phenoxy) is 1. The molecule has 3 rings (SSSR count). The van der Waals surface area contributed by atoms with Gasteiger partial charge in [0.15, 0.2) is 0 Å². The number of esters is 1. The summed E-state index contributed by atoms with van der Waals surface area (Å²) in [7, 11) is 0. The lowest BCUT2D eigenvalue weighted by Gasteiger charge is -2.07. The second kappa shape index (κ2) is 6.26. The van der Waals surface area contributed by atoms with Gasteiger partial charge in [-0.25, -0.2) is 4.98 Å². The molecule has 3 aromatic rings. The van der Waals surface area contributed by atoms with Crippen LogP contribution in [0.3, 0.4) is 0 Å². The topological polar surface area (TPSA) is 44.1 Å². The van der Waals surface area contributed by atoms with Crippen molar-refractivity contribution in [2.45, 2.75) is 13.5 Å². The van der Waals surface area contributed by atoms with Crippen LogP contribution in [0, 0.1) is 0 Å². The molecule has 0 aliphatic heterocycles. The molecule has 0 fully saturated rings. The molecular formula is C18H16N2O2. The first-order chi connectivity index (χ1) is 10.7. The smallest absolute Gasteiger partial charge is 0.303 e. The van der Waals surface area contributed by atoms with Gasteiger partial charge < -0.3 is 4.74 Å². The molecule has 22 heavy (non-hydrogen) atoms. The van der Waals surface area contributed by atoms with Crippen molar-refractivity contribution in [1.29, 1.82) is 0 Å². The number of para-hydroxylation sites is 1. The van der Waals surface area contributed by atoms with Crippen LogP contribution in [-0.4, -0.2) is 15.5 Å². The zero-order valence-corrected chi connectivity index (χ0v) is 12.3. The van der Waals surface area contributed by atoms with Crippen molar-refractivity contribution < 1.29 is 9.53 Å². The molecule has 110 valence electrons. The highest BCUT2D eigenvalue weighted by atomic mass is 16.5. The summed E-state index contributed by atoms with van der Waals surface area (Å²) in [6, 6.07) is 19.9. The maximum absolute atomic E-state index is 11.0. The average Bonchev–Trinajstić information content (AvgIpc) is 2.99. The molecule has 1 aromatic heterocycles. The number of imidazole rings is 1. The predicted octanol–water partition coefficient (Wildman–Crippen LogP) is 3.60. The fourth-order valence-electron chi connectivity index (χ4n) is 2.25. The van der Waals surface area contributed by atoms with E-state index in [1.54, 1.807) is 0 Å². The molecular weight excluding hydrogens is 276 g/mol. The van der Waals surface area contributed by atoms with E-state index in [0.717, 1.165) is 22.8 Å². The van der Waals surface area contributed by atoms with E-state index >= 15 is 0 Å². The van der Waals surface area contributed by atoms with Gasteiger partial charge in [0, 0.05) is 24.4 Å². The van der Waals surface area contributed by atoms with Crippen LogP contribution in [0.15, 0.2) is 66.9 Å². The van der Waals surface area contributed by atoms with E-state index in [4.69, 9.17) is 4.74 Å². The van der Waals surface area contributed by atoms with Gasteiger partial charge in [-0.2, -0.15) is 0 Å². The monoisotopic (exact) mass is 292 g/mol. The fourth-order valence-corrected chi connectivity index (χ4v) is 2.25. The van der Waals surface area contributed by atoms with E-state index < -0.39 is 0 Å². The van der Waals surface area contributed by atoms with Gasteiger partial charge in [0.1, 0.15) is 12.4 Å². The van der Waals surface area contributed by atoms with E-state index in [2.05, 4.69) is 4.98 Å². The minimum atomic E-state index is -0.310. The molecule has 2 aromatic carbocycles. The van der Waals surface area contributed by atoms with Crippen LogP contribution in [-0.2, 0) is 16.1 Å². The van der Waals surface area contributed by atoms with Gasteiger partial charge in [-0.15, -0.1) is 0 Å². The van der Waals surface area contributed by atoms with Crippen molar-refractivity contribution in [3.63, 3.8) is 0 Å². The number of nitrogens with zero attached hydrogens (tertiary/aromatic N) is 2. The first kappa shape index (κ1) is 14.1. The van der Waals surface area contributed by atoms with Crippen molar-refractivity contribution in [2.24, 2.45) is 0 Å². The summed E-state index contributed by atoms with van der Waals surface area (Å²) in [5.74, 6) is 0.518. The molecule has 0 unspecified atom stereocenters. The third-order valence-corrected chi connectivity index (χ3v) is 3.25. The molecule has 0 atom stereocenters. The molecule has 0 saturated heterocycles. The van der Waals surface area contributed by atoms with E-state index in [-0.39, 0.29) is 12.6 Å². The largest absolute Gasteiger partial charge is 0.459 e. The molecule has 0 aliphatic rings. The van der Waals surface area contributed by atoms with E-state index in [0.29, 0.717) is 0 Å². The second-order valence-electron chi connectivity index (χ2n) is 4.91. The van der Waals surface area contributed by atoms with Crippen LogP contribution in [0.5, 0.6) is 0 Å². The van der Waals surface area contributed by atoms with Crippen molar-refractivity contribution in [1.82, 2.24) is 9.55 Å². The number of hydrogen-bond donors (Lipinski definition) is 0. The van der Waals surface area contributed by atoms with Gasteiger partial charge in [-0.3, -0.25) is 9.36 Å². The maximum atomic E-state index is 11.0. The van der Waals surface area contributed by atoms with E-state index in [1.165, 1.54) is 6.92 Å². The lowest BCUT2D eigenvalue weighted by atomic mass is 10.2. The Hall–Kier alpha value is -2.88. The van der Waals surface area contributed by atoms with Crippen molar-refractivity contribution in [2.75, 3.05) is 0 Å².